The lowest BCUT2D eigenvalue weighted by atomic mass is 9.77. The largest absolute Gasteiger partial charge is 0.370 e. The Kier molecular flexibility index (Phi) is 6.55. The fourth-order valence-corrected chi connectivity index (χ4v) is 5.80. The normalized spacial score (nSPS) is 16.9. The molecule has 0 radical (unpaired) electrons. The summed E-state index contributed by atoms with van der Waals surface area (Å²) >= 11 is 6.37. The van der Waals surface area contributed by atoms with Gasteiger partial charge in [-0.05, 0) is 48.1 Å². The summed E-state index contributed by atoms with van der Waals surface area (Å²) in [6.07, 6.45) is 6.38. The number of aromatic nitrogens is 3. The molecule has 2 aliphatic heterocycles. The number of nitrogens with one attached hydrogen (secondary N) is 1. The molecule has 3 aromatic rings. The van der Waals surface area contributed by atoms with Gasteiger partial charge < -0.3 is 15.1 Å². The van der Waals surface area contributed by atoms with Crippen LogP contribution in [-0.4, -0.2) is 55.0 Å². The lowest BCUT2D eigenvalue weighted by molar-refractivity contribution is 0.456. The van der Waals surface area contributed by atoms with E-state index in [1.165, 1.54) is 11.8 Å². The van der Waals surface area contributed by atoms with Crippen LogP contribution in [0.4, 0.5) is 23.0 Å². The van der Waals surface area contributed by atoms with Gasteiger partial charge in [-0.3, -0.25) is 0 Å². The van der Waals surface area contributed by atoms with Crippen molar-refractivity contribution in [2.24, 2.45) is 0 Å². The topological polar surface area (TPSA) is 91.3 Å². The van der Waals surface area contributed by atoms with Gasteiger partial charge in [-0.2, -0.15) is 0 Å². The first-order valence-electron chi connectivity index (χ1n) is 12.1. The van der Waals surface area contributed by atoms with Gasteiger partial charge in [-0.15, -0.1) is 0 Å². The Hall–Kier alpha value is -2.91. The standard InChI is InChI=1S/C26H31ClN6O2S/c1-26(2)9-12-32(13-14-36(3,34)35)23-15-18(6-7-20(23)26)31-24-19-8-11-33(16-22(19)29-17-30-24)25-21(27)5-4-10-28-25/h4-7,10,15,17H,8-9,11-14,16H2,1-3H3,(H,29,30,31). The third-order valence-corrected chi connectivity index (χ3v) is 8.33. The molecule has 0 saturated heterocycles. The molecule has 1 N–H and O–H groups in total. The lowest BCUT2D eigenvalue weighted by Crippen LogP contribution is -2.39. The van der Waals surface area contributed by atoms with Crippen LogP contribution in [0.25, 0.3) is 0 Å². The molecule has 4 heterocycles. The van der Waals surface area contributed by atoms with Gasteiger partial charge in [-0.25, -0.2) is 23.4 Å². The van der Waals surface area contributed by atoms with E-state index in [9.17, 15) is 8.42 Å². The molecule has 0 unspecified atom stereocenters. The highest BCUT2D eigenvalue weighted by atomic mass is 35.5. The first-order valence-corrected chi connectivity index (χ1v) is 14.6. The highest BCUT2D eigenvalue weighted by molar-refractivity contribution is 7.90. The fraction of sp³-hybridized carbons (Fsp3) is 0.423. The molecule has 8 nitrogen and oxygen atoms in total. The Morgan fingerprint density at radius 3 is 2.75 bits per heavy atom. The average Bonchev–Trinajstić information content (AvgIpc) is 2.83. The summed E-state index contributed by atoms with van der Waals surface area (Å²) in [6.45, 7) is 7.18. The second kappa shape index (κ2) is 9.52. The SMILES string of the molecule is CC1(C)CCN(CCS(C)(=O)=O)c2cc(Nc3ncnc4c3CCN(c3ncccc3Cl)C4)ccc21. The number of sulfone groups is 1. The third kappa shape index (κ3) is 5.13. The molecule has 0 aliphatic carbocycles. The molecule has 0 bridgehead atoms. The Balaban J connectivity index is 1.41. The fourth-order valence-electron chi connectivity index (χ4n) is 5.01. The summed E-state index contributed by atoms with van der Waals surface area (Å²) in [7, 11) is -3.04. The van der Waals surface area contributed by atoms with Crippen LogP contribution in [0.1, 0.15) is 37.1 Å². The summed E-state index contributed by atoms with van der Waals surface area (Å²) in [4.78, 5) is 17.9. The van der Waals surface area contributed by atoms with Crippen LogP contribution in [0.15, 0.2) is 42.9 Å². The quantitative estimate of drug-likeness (QED) is 0.506. The monoisotopic (exact) mass is 526 g/mol. The second-order valence-corrected chi connectivity index (χ2v) is 12.9. The molecule has 5 rings (SSSR count). The Bertz CT molecular complexity index is 1390. The molecule has 0 atom stereocenters. The molecule has 10 heteroatoms. The van der Waals surface area contributed by atoms with Crippen LogP contribution in [0.2, 0.25) is 5.02 Å². The van der Waals surface area contributed by atoms with Crippen molar-refractivity contribution >= 4 is 44.4 Å². The van der Waals surface area contributed by atoms with Crippen LogP contribution >= 0.6 is 11.6 Å². The molecule has 0 saturated carbocycles. The van der Waals surface area contributed by atoms with E-state index in [4.69, 9.17) is 11.6 Å². The molecular weight excluding hydrogens is 496 g/mol. The zero-order chi connectivity index (χ0) is 25.5. The van der Waals surface area contributed by atoms with E-state index in [0.29, 0.717) is 18.1 Å². The van der Waals surface area contributed by atoms with Gasteiger partial charge >= 0.3 is 0 Å². The third-order valence-electron chi connectivity index (χ3n) is 7.11. The van der Waals surface area contributed by atoms with E-state index in [1.807, 2.05) is 12.1 Å². The molecule has 0 amide bonds. The number of pyridine rings is 1. The number of hydrogen-bond donors (Lipinski definition) is 1. The number of halogens is 1. The maximum Gasteiger partial charge on any atom is 0.149 e. The number of anilines is 4. The predicted octanol–water partition coefficient (Wildman–Crippen LogP) is 4.36. The van der Waals surface area contributed by atoms with Gasteiger partial charge in [0.15, 0.2) is 0 Å². The summed E-state index contributed by atoms with van der Waals surface area (Å²) in [5, 5.41) is 4.14. The number of fused-ring (bicyclic) bond motifs is 2. The van der Waals surface area contributed by atoms with Gasteiger partial charge in [0.25, 0.3) is 0 Å². The van der Waals surface area contributed by atoms with Crippen molar-refractivity contribution in [3.05, 3.63) is 64.7 Å². The average molecular weight is 527 g/mol. The van der Waals surface area contributed by atoms with Gasteiger partial charge in [0, 0.05) is 49.0 Å². The van der Waals surface area contributed by atoms with E-state index in [-0.39, 0.29) is 11.2 Å². The molecule has 190 valence electrons. The Morgan fingerprint density at radius 2 is 1.97 bits per heavy atom. The number of benzene rings is 1. The van der Waals surface area contributed by atoms with Gasteiger partial charge in [0.2, 0.25) is 0 Å². The smallest absolute Gasteiger partial charge is 0.149 e. The number of rotatable bonds is 6. The van der Waals surface area contributed by atoms with Crippen molar-refractivity contribution in [1.82, 2.24) is 15.0 Å². The van der Waals surface area contributed by atoms with Crippen LogP contribution in [0.5, 0.6) is 0 Å². The first kappa shape index (κ1) is 24.8. The van der Waals surface area contributed by atoms with Gasteiger partial charge in [0.1, 0.15) is 27.8 Å². The van der Waals surface area contributed by atoms with E-state index in [2.05, 4.69) is 62.1 Å². The van der Waals surface area contributed by atoms with E-state index >= 15 is 0 Å². The minimum Gasteiger partial charge on any atom is -0.370 e. The van der Waals surface area contributed by atoms with Crippen molar-refractivity contribution < 1.29 is 8.42 Å². The van der Waals surface area contributed by atoms with Crippen molar-refractivity contribution in [3.63, 3.8) is 0 Å². The second-order valence-electron chi connectivity index (χ2n) is 10.2. The number of hydrogen-bond acceptors (Lipinski definition) is 8. The summed E-state index contributed by atoms with van der Waals surface area (Å²) in [5.74, 6) is 1.70. The molecule has 0 spiro atoms. The summed E-state index contributed by atoms with van der Waals surface area (Å²) < 4.78 is 23.6. The summed E-state index contributed by atoms with van der Waals surface area (Å²) in [5.41, 5.74) is 5.31. The van der Waals surface area contributed by atoms with Crippen molar-refractivity contribution in [3.8, 4) is 0 Å². The van der Waals surface area contributed by atoms with Gasteiger partial charge in [0.05, 0.1) is 23.0 Å². The molecule has 2 aliphatic rings. The molecule has 2 aromatic heterocycles. The zero-order valence-electron chi connectivity index (χ0n) is 20.8. The van der Waals surface area contributed by atoms with Crippen molar-refractivity contribution in [1.29, 1.82) is 0 Å². The van der Waals surface area contributed by atoms with Crippen molar-refractivity contribution in [2.75, 3.05) is 46.8 Å². The molecule has 1 aromatic carbocycles. The first-order chi connectivity index (χ1) is 17.1. The number of nitrogens with zero attached hydrogens (tertiary/aromatic N) is 5. The summed E-state index contributed by atoms with van der Waals surface area (Å²) in [6, 6.07) is 10.0. The highest BCUT2D eigenvalue weighted by Crippen LogP contribution is 2.41. The Morgan fingerprint density at radius 1 is 1.14 bits per heavy atom. The van der Waals surface area contributed by atoms with Crippen LogP contribution in [-0.2, 0) is 28.2 Å². The predicted molar refractivity (Wildman–Crippen MR) is 145 cm³/mol. The molecule has 36 heavy (non-hydrogen) atoms. The van der Waals surface area contributed by atoms with Crippen molar-refractivity contribution in [2.45, 2.75) is 38.6 Å². The van der Waals surface area contributed by atoms with E-state index in [1.54, 1.807) is 12.5 Å². The zero-order valence-corrected chi connectivity index (χ0v) is 22.4. The van der Waals surface area contributed by atoms with Gasteiger partial charge in [-0.1, -0.05) is 31.5 Å². The lowest BCUT2D eigenvalue weighted by Gasteiger charge is -2.40. The van der Waals surface area contributed by atoms with E-state index in [0.717, 1.165) is 60.2 Å². The minimum absolute atomic E-state index is 0.0275. The molecule has 0 fully saturated rings. The highest BCUT2D eigenvalue weighted by Gasteiger charge is 2.32. The van der Waals surface area contributed by atoms with E-state index < -0.39 is 9.84 Å². The maximum absolute atomic E-state index is 11.8. The Labute approximate surface area is 217 Å². The van der Waals surface area contributed by atoms with Crippen LogP contribution < -0.4 is 15.1 Å². The minimum atomic E-state index is -3.04. The molecular formula is C26H31ClN6O2S. The van der Waals surface area contributed by atoms with Crippen LogP contribution in [0.3, 0.4) is 0 Å². The van der Waals surface area contributed by atoms with Crippen LogP contribution in [0, 0.1) is 0 Å². The maximum atomic E-state index is 11.8.